The number of amides is 1. The van der Waals surface area contributed by atoms with E-state index in [1.54, 1.807) is 50.2 Å². The summed E-state index contributed by atoms with van der Waals surface area (Å²) in [6.45, 7) is 3.78. The Morgan fingerprint density at radius 2 is 2.03 bits per heavy atom. The highest BCUT2D eigenvalue weighted by molar-refractivity contribution is 7.93. The van der Waals surface area contributed by atoms with Crippen LogP contribution in [-0.4, -0.2) is 49.1 Å². The number of aromatic hydroxyl groups is 1. The molecule has 2 aromatic carbocycles. The Bertz CT molecular complexity index is 1360. The molecule has 172 valence electrons. The SMILES string of the molecule is CCOc1cc(/C=N/NC(=O)Cn2nc3c(c2C)N(C)S(=O)(=O)c2ccccc2-3)ccc1O. The van der Waals surface area contributed by atoms with Gasteiger partial charge in [-0.25, -0.2) is 13.8 Å². The van der Waals surface area contributed by atoms with Crippen LogP contribution in [0.4, 0.5) is 5.69 Å². The van der Waals surface area contributed by atoms with Gasteiger partial charge in [0.15, 0.2) is 11.5 Å². The number of rotatable bonds is 6. The number of sulfonamides is 1. The van der Waals surface area contributed by atoms with Crippen LogP contribution in [-0.2, 0) is 21.4 Å². The number of carbonyl (C=O) groups excluding carboxylic acids is 1. The summed E-state index contributed by atoms with van der Waals surface area (Å²) in [5.41, 5.74) is 5.06. The third-order valence-corrected chi connectivity index (χ3v) is 7.07. The van der Waals surface area contributed by atoms with Crippen LogP contribution >= 0.6 is 0 Å². The van der Waals surface area contributed by atoms with E-state index in [4.69, 9.17) is 4.74 Å². The molecule has 3 aromatic rings. The van der Waals surface area contributed by atoms with Crippen molar-refractivity contribution >= 4 is 27.8 Å². The van der Waals surface area contributed by atoms with E-state index in [1.807, 2.05) is 0 Å². The number of nitrogens with one attached hydrogen (secondary N) is 1. The molecule has 0 spiro atoms. The molecule has 0 unspecified atom stereocenters. The van der Waals surface area contributed by atoms with Crippen molar-refractivity contribution in [3.63, 3.8) is 0 Å². The molecule has 10 nitrogen and oxygen atoms in total. The first kappa shape index (κ1) is 22.3. The number of fused-ring (bicyclic) bond motifs is 3. The standard InChI is InChI=1S/C22H23N5O5S/c1-4-32-18-11-15(9-10-17(18)28)12-23-24-20(29)13-27-14(2)22-21(25-27)16-7-5-6-8-19(16)33(30,31)26(22)3/h5-12,28H,4,13H2,1-3H3,(H,24,29)/b23-12+. The van der Waals surface area contributed by atoms with Crippen LogP contribution in [0.25, 0.3) is 11.3 Å². The van der Waals surface area contributed by atoms with Crippen LogP contribution in [0, 0.1) is 6.92 Å². The van der Waals surface area contributed by atoms with Gasteiger partial charge in [0.25, 0.3) is 15.9 Å². The normalized spacial score (nSPS) is 14.1. The lowest BCUT2D eigenvalue weighted by Crippen LogP contribution is -2.30. The number of phenols is 1. The predicted molar refractivity (Wildman–Crippen MR) is 123 cm³/mol. The van der Waals surface area contributed by atoms with Gasteiger partial charge >= 0.3 is 0 Å². The Morgan fingerprint density at radius 3 is 2.79 bits per heavy atom. The van der Waals surface area contributed by atoms with Crippen molar-refractivity contribution in [3.8, 4) is 22.8 Å². The maximum atomic E-state index is 12.9. The Labute approximate surface area is 191 Å². The van der Waals surface area contributed by atoms with Gasteiger partial charge in [-0.05, 0) is 43.7 Å². The summed E-state index contributed by atoms with van der Waals surface area (Å²) < 4.78 is 33.7. The van der Waals surface area contributed by atoms with Crippen molar-refractivity contribution in [1.29, 1.82) is 0 Å². The minimum absolute atomic E-state index is 0.0183. The minimum atomic E-state index is -3.70. The molecule has 0 fully saturated rings. The number of hydrazone groups is 1. The molecule has 1 amide bonds. The van der Waals surface area contributed by atoms with Gasteiger partial charge in [0.2, 0.25) is 0 Å². The molecule has 1 aliphatic heterocycles. The molecule has 4 rings (SSSR count). The lowest BCUT2D eigenvalue weighted by Gasteiger charge is -2.26. The molecule has 0 saturated carbocycles. The number of ether oxygens (including phenoxy) is 1. The molecule has 0 atom stereocenters. The summed E-state index contributed by atoms with van der Waals surface area (Å²) in [6, 6.07) is 11.4. The molecule has 0 radical (unpaired) electrons. The molecule has 1 aromatic heterocycles. The van der Waals surface area contributed by atoms with E-state index in [1.165, 1.54) is 28.3 Å². The van der Waals surface area contributed by atoms with E-state index >= 15 is 0 Å². The smallest absolute Gasteiger partial charge is 0.264 e. The van der Waals surface area contributed by atoms with E-state index in [0.29, 0.717) is 40.6 Å². The van der Waals surface area contributed by atoms with E-state index in [2.05, 4.69) is 15.6 Å². The van der Waals surface area contributed by atoms with Gasteiger partial charge < -0.3 is 9.84 Å². The number of benzene rings is 2. The van der Waals surface area contributed by atoms with Crippen molar-refractivity contribution in [3.05, 3.63) is 53.7 Å². The first-order chi connectivity index (χ1) is 15.7. The first-order valence-electron chi connectivity index (χ1n) is 10.2. The van der Waals surface area contributed by atoms with Crippen molar-refractivity contribution in [2.75, 3.05) is 18.0 Å². The van der Waals surface area contributed by atoms with Crippen molar-refractivity contribution < 1.29 is 23.1 Å². The van der Waals surface area contributed by atoms with Crippen molar-refractivity contribution in [1.82, 2.24) is 15.2 Å². The zero-order chi connectivity index (χ0) is 23.8. The molecule has 0 aliphatic carbocycles. The molecular formula is C22H23N5O5S. The Morgan fingerprint density at radius 1 is 1.27 bits per heavy atom. The highest BCUT2D eigenvalue weighted by atomic mass is 32.2. The van der Waals surface area contributed by atoms with Crippen LogP contribution < -0.4 is 14.5 Å². The van der Waals surface area contributed by atoms with Crippen LogP contribution in [0.3, 0.4) is 0 Å². The molecule has 33 heavy (non-hydrogen) atoms. The zero-order valence-electron chi connectivity index (χ0n) is 18.3. The van der Waals surface area contributed by atoms with Crippen LogP contribution in [0.1, 0.15) is 18.2 Å². The lowest BCUT2D eigenvalue weighted by atomic mass is 10.1. The number of anilines is 1. The van der Waals surface area contributed by atoms with Gasteiger partial charge in [-0.1, -0.05) is 18.2 Å². The van der Waals surface area contributed by atoms with E-state index < -0.39 is 15.9 Å². The van der Waals surface area contributed by atoms with Crippen LogP contribution in [0.5, 0.6) is 11.5 Å². The Hall–Kier alpha value is -3.86. The predicted octanol–water partition coefficient (Wildman–Crippen LogP) is 2.25. The molecule has 11 heteroatoms. The third-order valence-electron chi connectivity index (χ3n) is 5.25. The average Bonchev–Trinajstić information content (AvgIpc) is 3.10. The molecule has 0 bridgehead atoms. The number of carbonyl (C=O) groups is 1. The third kappa shape index (κ3) is 4.02. The van der Waals surface area contributed by atoms with Gasteiger partial charge in [0, 0.05) is 12.6 Å². The number of nitrogens with zero attached hydrogens (tertiary/aromatic N) is 4. The topological polar surface area (TPSA) is 126 Å². The monoisotopic (exact) mass is 469 g/mol. The molecular weight excluding hydrogens is 446 g/mol. The quantitative estimate of drug-likeness (QED) is 0.421. The highest BCUT2D eigenvalue weighted by Crippen LogP contribution is 2.43. The minimum Gasteiger partial charge on any atom is -0.504 e. The number of phenolic OH excluding ortho intramolecular Hbond substituents is 1. The second kappa shape index (κ2) is 8.58. The fourth-order valence-electron chi connectivity index (χ4n) is 3.64. The maximum absolute atomic E-state index is 12.9. The Balaban J connectivity index is 1.53. The summed E-state index contributed by atoms with van der Waals surface area (Å²) in [5, 5.41) is 18.2. The second-order valence-electron chi connectivity index (χ2n) is 7.36. The van der Waals surface area contributed by atoms with E-state index in [-0.39, 0.29) is 17.2 Å². The van der Waals surface area contributed by atoms with Gasteiger partial charge in [-0.2, -0.15) is 10.2 Å². The van der Waals surface area contributed by atoms with E-state index in [0.717, 1.165) is 0 Å². The first-order valence-corrected chi connectivity index (χ1v) is 11.6. The largest absolute Gasteiger partial charge is 0.504 e. The average molecular weight is 470 g/mol. The van der Waals surface area contributed by atoms with Gasteiger partial charge in [-0.3, -0.25) is 13.8 Å². The highest BCUT2D eigenvalue weighted by Gasteiger charge is 2.36. The number of hydrogen-bond acceptors (Lipinski definition) is 7. The maximum Gasteiger partial charge on any atom is 0.264 e. The van der Waals surface area contributed by atoms with Crippen LogP contribution in [0.15, 0.2) is 52.5 Å². The number of aromatic nitrogens is 2. The summed E-state index contributed by atoms with van der Waals surface area (Å²) in [6.07, 6.45) is 1.43. The fraction of sp³-hybridized carbons (Fsp3) is 0.227. The fourth-order valence-corrected chi connectivity index (χ4v) is 5.08. The van der Waals surface area contributed by atoms with Gasteiger partial charge in [-0.15, -0.1) is 0 Å². The Kier molecular flexibility index (Phi) is 5.81. The lowest BCUT2D eigenvalue weighted by molar-refractivity contribution is -0.121. The van der Waals surface area contributed by atoms with Gasteiger partial charge in [0.1, 0.15) is 17.9 Å². The second-order valence-corrected chi connectivity index (χ2v) is 9.30. The molecule has 2 heterocycles. The zero-order valence-corrected chi connectivity index (χ0v) is 19.1. The summed E-state index contributed by atoms with van der Waals surface area (Å²) in [7, 11) is -2.23. The molecule has 0 saturated heterocycles. The number of hydrogen-bond donors (Lipinski definition) is 2. The van der Waals surface area contributed by atoms with Crippen molar-refractivity contribution in [2.24, 2.45) is 5.10 Å². The summed E-state index contributed by atoms with van der Waals surface area (Å²) in [4.78, 5) is 12.6. The summed E-state index contributed by atoms with van der Waals surface area (Å²) >= 11 is 0. The van der Waals surface area contributed by atoms with E-state index in [9.17, 15) is 18.3 Å². The molecule has 1 aliphatic rings. The van der Waals surface area contributed by atoms with Gasteiger partial charge in [0.05, 0.1) is 23.4 Å². The molecule has 2 N–H and O–H groups in total. The summed E-state index contributed by atoms with van der Waals surface area (Å²) in [5.74, 6) is -0.0913. The van der Waals surface area contributed by atoms with Crippen molar-refractivity contribution in [2.45, 2.75) is 25.3 Å². The van der Waals surface area contributed by atoms with Crippen LogP contribution in [0.2, 0.25) is 0 Å².